The molecule has 1 atom stereocenters. The first-order valence-corrected chi connectivity index (χ1v) is 6.79. The predicted octanol–water partition coefficient (Wildman–Crippen LogP) is 3.24. The Balaban J connectivity index is 1.86. The van der Waals surface area contributed by atoms with Crippen LogP contribution in [0.5, 0.6) is 0 Å². The van der Waals surface area contributed by atoms with Crippen molar-refractivity contribution in [3.63, 3.8) is 0 Å². The van der Waals surface area contributed by atoms with E-state index in [2.05, 4.69) is 16.4 Å². The zero-order valence-electron chi connectivity index (χ0n) is 8.87. The Hall–Kier alpha value is -0.640. The van der Waals surface area contributed by atoms with Crippen LogP contribution in [0.2, 0.25) is 5.02 Å². The van der Waals surface area contributed by atoms with Gasteiger partial charge in [-0.25, -0.2) is 4.98 Å². The normalized spacial score (nSPS) is 20.7. The molecule has 2 nitrogen and oxygen atoms in total. The van der Waals surface area contributed by atoms with Crippen LogP contribution in [0.15, 0.2) is 18.2 Å². The van der Waals surface area contributed by atoms with Crippen molar-refractivity contribution in [2.75, 3.05) is 6.54 Å². The van der Waals surface area contributed by atoms with Gasteiger partial charge in [-0.1, -0.05) is 11.6 Å². The van der Waals surface area contributed by atoms with Crippen molar-refractivity contribution in [3.8, 4) is 0 Å². The first-order valence-electron chi connectivity index (χ1n) is 5.59. The standard InChI is InChI=1S/C12H13ClN2S/c13-8-3-4-11-10(6-8)15-12(16-11)7-9-2-1-5-14-9/h3-4,6,9,14H,1-2,5,7H2. The molecule has 1 aromatic carbocycles. The van der Waals surface area contributed by atoms with Crippen molar-refractivity contribution in [1.29, 1.82) is 0 Å². The number of rotatable bonds is 2. The molecular weight excluding hydrogens is 240 g/mol. The highest BCUT2D eigenvalue weighted by Crippen LogP contribution is 2.26. The summed E-state index contributed by atoms with van der Waals surface area (Å²) in [5.41, 5.74) is 1.03. The molecule has 1 saturated heterocycles. The van der Waals surface area contributed by atoms with Gasteiger partial charge >= 0.3 is 0 Å². The third-order valence-corrected chi connectivity index (χ3v) is 4.27. The topological polar surface area (TPSA) is 24.9 Å². The van der Waals surface area contributed by atoms with Gasteiger partial charge in [-0.2, -0.15) is 0 Å². The van der Waals surface area contributed by atoms with Crippen LogP contribution in [-0.4, -0.2) is 17.6 Å². The number of hydrogen-bond donors (Lipinski definition) is 1. The first kappa shape index (κ1) is 10.5. The molecule has 84 valence electrons. The van der Waals surface area contributed by atoms with Crippen molar-refractivity contribution in [2.45, 2.75) is 25.3 Å². The lowest BCUT2D eigenvalue weighted by Crippen LogP contribution is -2.23. The lowest BCUT2D eigenvalue weighted by atomic mass is 10.2. The number of thiazole rings is 1. The number of hydrogen-bond acceptors (Lipinski definition) is 3. The molecule has 1 aromatic heterocycles. The van der Waals surface area contributed by atoms with Crippen molar-refractivity contribution < 1.29 is 0 Å². The lowest BCUT2D eigenvalue weighted by Gasteiger charge is -2.05. The molecule has 0 spiro atoms. The average Bonchev–Trinajstić information content (AvgIpc) is 2.86. The summed E-state index contributed by atoms with van der Waals surface area (Å²) in [5.74, 6) is 0. The summed E-state index contributed by atoms with van der Waals surface area (Å²) in [4.78, 5) is 4.63. The van der Waals surface area contributed by atoms with Crippen molar-refractivity contribution in [2.24, 2.45) is 0 Å². The van der Waals surface area contributed by atoms with E-state index < -0.39 is 0 Å². The van der Waals surface area contributed by atoms with Crippen LogP contribution in [-0.2, 0) is 6.42 Å². The maximum Gasteiger partial charge on any atom is 0.0954 e. The molecule has 0 amide bonds. The van der Waals surface area contributed by atoms with Crippen LogP contribution in [0.25, 0.3) is 10.2 Å². The average molecular weight is 253 g/mol. The number of halogens is 1. The smallest absolute Gasteiger partial charge is 0.0954 e. The highest BCUT2D eigenvalue weighted by atomic mass is 35.5. The lowest BCUT2D eigenvalue weighted by molar-refractivity contribution is 0.602. The van der Waals surface area contributed by atoms with Crippen LogP contribution < -0.4 is 5.32 Å². The molecule has 0 bridgehead atoms. The molecule has 2 heterocycles. The summed E-state index contributed by atoms with van der Waals surface area (Å²) >= 11 is 7.73. The SMILES string of the molecule is Clc1ccc2sc(CC3CCCN3)nc2c1. The second-order valence-electron chi connectivity index (χ2n) is 4.22. The number of aromatic nitrogens is 1. The minimum absolute atomic E-state index is 0.621. The quantitative estimate of drug-likeness (QED) is 0.888. The van der Waals surface area contributed by atoms with Crippen LogP contribution in [0.1, 0.15) is 17.8 Å². The van der Waals surface area contributed by atoms with E-state index in [9.17, 15) is 0 Å². The van der Waals surface area contributed by atoms with E-state index in [0.717, 1.165) is 23.5 Å². The summed E-state index contributed by atoms with van der Waals surface area (Å²) < 4.78 is 1.23. The molecular formula is C12H13ClN2S. The third kappa shape index (κ3) is 2.08. The molecule has 16 heavy (non-hydrogen) atoms. The Labute approximate surface area is 104 Å². The van der Waals surface area contributed by atoms with Gasteiger partial charge in [0.05, 0.1) is 15.2 Å². The van der Waals surface area contributed by atoms with E-state index in [4.69, 9.17) is 11.6 Å². The van der Waals surface area contributed by atoms with Crippen molar-refractivity contribution >= 4 is 33.2 Å². The zero-order valence-corrected chi connectivity index (χ0v) is 10.4. The summed E-state index contributed by atoms with van der Waals surface area (Å²) in [6.45, 7) is 1.15. The molecule has 1 N–H and O–H groups in total. The molecule has 0 radical (unpaired) electrons. The van der Waals surface area contributed by atoms with Crippen molar-refractivity contribution in [1.82, 2.24) is 10.3 Å². The fourth-order valence-corrected chi connectivity index (χ4v) is 3.37. The largest absolute Gasteiger partial charge is 0.314 e. The van der Waals surface area contributed by atoms with E-state index in [0.29, 0.717) is 6.04 Å². The van der Waals surface area contributed by atoms with Gasteiger partial charge in [-0.05, 0) is 37.6 Å². The highest BCUT2D eigenvalue weighted by molar-refractivity contribution is 7.18. The van der Waals surface area contributed by atoms with Gasteiger partial charge in [-0.15, -0.1) is 11.3 Å². The van der Waals surface area contributed by atoms with Crippen LogP contribution in [0, 0.1) is 0 Å². The number of nitrogens with one attached hydrogen (secondary N) is 1. The molecule has 1 aliphatic rings. The van der Waals surface area contributed by atoms with Crippen LogP contribution in [0.3, 0.4) is 0 Å². The van der Waals surface area contributed by atoms with Crippen LogP contribution in [0.4, 0.5) is 0 Å². The van der Waals surface area contributed by atoms with Gasteiger partial charge in [0.25, 0.3) is 0 Å². The van der Waals surface area contributed by atoms with Gasteiger partial charge < -0.3 is 5.32 Å². The molecule has 1 aliphatic heterocycles. The second kappa shape index (κ2) is 4.32. The summed E-state index contributed by atoms with van der Waals surface area (Å²) in [7, 11) is 0. The zero-order chi connectivity index (χ0) is 11.0. The first-order chi connectivity index (χ1) is 7.81. The Morgan fingerprint density at radius 2 is 2.44 bits per heavy atom. The van der Waals surface area contributed by atoms with E-state index >= 15 is 0 Å². The molecule has 3 rings (SSSR count). The summed E-state index contributed by atoms with van der Waals surface area (Å²) in [5, 5.41) is 5.49. The summed E-state index contributed by atoms with van der Waals surface area (Å²) in [6.07, 6.45) is 3.62. The van der Waals surface area contributed by atoms with Gasteiger partial charge in [0.1, 0.15) is 0 Å². The predicted molar refractivity (Wildman–Crippen MR) is 69.4 cm³/mol. The third-order valence-electron chi connectivity index (χ3n) is 2.98. The molecule has 1 unspecified atom stereocenters. The minimum Gasteiger partial charge on any atom is -0.314 e. The second-order valence-corrected chi connectivity index (χ2v) is 5.77. The van der Waals surface area contributed by atoms with E-state index in [1.807, 2.05) is 12.1 Å². The van der Waals surface area contributed by atoms with E-state index in [1.54, 1.807) is 11.3 Å². The number of fused-ring (bicyclic) bond motifs is 1. The van der Waals surface area contributed by atoms with Gasteiger partial charge in [0, 0.05) is 17.5 Å². The van der Waals surface area contributed by atoms with Gasteiger partial charge in [0.2, 0.25) is 0 Å². The van der Waals surface area contributed by atoms with Crippen molar-refractivity contribution in [3.05, 3.63) is 28.2 Å². The fraction of sp³-hybridized carbons (Fsp3) is 0.417. The Bertz CT molecular complexity index is 503. The maximum absolute atomic E-state index is 5.95. The number of nitrogens with zero attached hydrogens (tertiary/aromatic N) is 1. The van der Waals surface area contributed by atoms with Gasteiger partial charge in [-0.3, -0.25) is 0 Å². The van der Waals surface area contributed by atoms with Gasteiger partial charge in [0.15, 0.2) is 0 Å². The molecule has 1 fully saturated rings. The Morgan fingerprint density at radius 1 is 1.50 bits per heavy atom. The molecule has 4 heteroatoms. The maximum atomic E-state index is 5.95. The molecule has 2 aromatic rings. The molecule has 0 saturated carbocycles. The highest BCUT2D eigenvalue weighted by Gasteiger charge is 2.16. The Morgan fingerprint density at radius 3 is 3.25 bits per heavy atom. The minimum atomic E-state index is 0.621. The Kier molecular flexibility index (Phi) is 2.84. The van der Waals surface area contributed by atoms with Crippen LogP contribution >= 0.6 is 22.9 Å². The fourth-order valence-electron chi connectivity index (χ4n) is 2.18. The number of benzene rings is 1. The summed E-state index contributed by atoms with van der Waals surface area (Å²) in [6, 6.07) is 6.55. The van der Waals surface area contributed by atoms with E-state index in [-0.39, 0.29) is 0 Å². The molecule has 0 aliphatic carbocycles. The monoisotopic (exact) mass is 252 g/mol. The van der Waals surface area contributed by atoms with E-state index in [1.165, 1.54) is 22.5 Å².